The number of carbonyl (C=O) groups is 1. The van der Waals surface area contributed by atoms with Crippen LogP contribution < -0.4 is 5.73 Å². The molecule has 0 aromatic heterocycles. The van der Waals surface area contributed by atoms with Gasteiger partial charge in [-0.05, 0) is 42.7 Å². The van der Waals surface area contributed by atoms with Crippen LogP contribution in [0.1, 0.15) is 24.5 Å². The first-order chi connectivity index (χ1) is 7.04. The van der Waals surface area contributed by atoms with E-state index in [1.54, 1.807) is 12.1 Å². The van der Waals surface area contributed by atoms with Crippen molar-refractivity contribution in [2.75, 3.05) is 5.73 Å². The highest BCUT2D eigenvalue weighted by molar-refractivity contribution is 5.92. The zero-order chi connectivity index (χ0) is 11.4. The number of carboxylic acid groups (broad SMARTS) is 1. The molecule has 0 radical (unpaired) electrons. The third kappa shape index (κ3) is 2.84. The van der Waals surface area contributed by atoms with E-state index < -0.39 is 5.97 Å². The molecule has 1 rings (SSSR count). The molecule has 0 amide bonds. The van der Waals surface area contributed by atoms with Gasteiger partial charge in [-0.1, -0.05) is 13.0 Å². The lowest BCUT2D eigenvalue weighted by Crippen LogP contribution is -1.99. The van der Waals surface area contributed by atoms with E-state index in [-0.39, 0.29) is 0 Å². The monoisotopic (exact) mass is 205 g/mol. The predicted octanol–water partition coefficient (Wildman–Crippen LogP) is 2.46. The molecule has 0 aliphatic rings. The van der Waals surface area contributed by atoms with Gasteiger partial charge in [0.15, 0.2) is 0 Å². The van der Waals surface area contributed by atoms with E-state index in [1.807, 2.05) is 26.0 Å². The Morgan fingerprint density at radius 3 is 2.67 bits per heavy atom. The van der Waals surface area contributed by atoms with Crippen molar-refractivity contribution in [3.63, 3.8) is 0 Å². The minimum atomic E-state index is -0.867. The predicted molar refractivity (Wildman–Crippen MR) is 61.5 cm³/mol. The van der Waals surface area contributed by atoms with Gasteiger partial charge in [-0.2, -0.15) is 0 Å². The van der Waals surface area contributed by atoms with Gasteiger partial charge in [-0.3, -0.25) is 0 Å². The van der Waals surface area contributed by atoms with Gasteiger partial charge in [-0.25, -0.2) is 4.79 Å². The van der Waals surface area contributed by atoms with Crippen molar-refractivity contribution in [2.45, 2.75) is 20.3 Å². The third-order valence-corrected chi connectivity index (χ3v) is 2.28. The number of benzene rings is 1. The lowest BCUT2D eigenvalue weighted by Gasteiger charge is -2.03. The molecule has 15 heavy (non-hydrogen) atoms. The second kappa shape index (κ2) is 4.64. The maximum absolute atomic E-state index is 10.8. The van der Waals surface area contributed by atoms with Crippen LogP contribution >= 0.6 is 0 Å². The number of nitrogens with two attached hydrogens (primary N) is 1. The molecule has 0 spiro atoms. The summed E-state index contributed by atoms with van der Waals surface area (Å²) in [6.45, 7) is 3.74. The summed E-state index contributed by atoms with van der Waals surface area (Å²) in [4.78, 5) is 10.8. The zero-order valence-electron chi connectivity index (χ0n) is 8.95. The van der Waals surface area contributed by atoms with Crippen LogP contribution in [0.5, 0.6) is 0 Å². The fourth-order valence-electron chi connectivity index (χ4n) is 1.36. The fraction of sp³-hybridized carbons (Fsp3) is 0.250. The molecular weight excluding hydrogens is 190 g/mol. The van der Waals surface area contributed by atoms with Crippen LogP contribution in [-0.4, -0.2) is 11.1 Å². The van der Waals surface area contributed by atoms with E-state index in [0.717, 1.165) is 11.1 Å². The number of nitrogen functional groups attached to an aromatic ring is 1. The molecule has 0 fully saturated rings. The van der Waals surface area contributed by atoms with Gasteiger partial charge < -0.3 is 10.8 Å². The summed E-state index contributed by atoms with van der Waals surface area (Å²) >= 11 is 0. The molecule has 3 nitrogen and oxygen atoms in total. The Morgan fingerprint density at radius 1 is 1.53 bits per heavy atom. The normalized spacial score (nSPS) is 11.5. The Bertz CT molecular complexity index is 408. The smallest absolute Gasteiger partial charge is 0.331 e. The Kier molecular flexibility index (Phi) is 3.50. The number of carboxylic acids is 1. The lowest BCUT2D eigenvalue weighted by molar-refractivity contribution is -0.132. The van der Waals surface area contributed by atoms with Gasteiger partial charge in [0.05, 0.1) is 0 Å². The maximum Gasteiger partial charge on any atom is 0.331 e. The van der Waals surface area contributed by atoms with Gasteiger partial charge in [0.25, 0.3) is 0 Å². The van der Waals surface area contributed by atoms with Crippen molar-refractivity contribution in [1.82, 2.24) is 0 Å². The molecule has 0 aliphatic heterocycles. The number of rotatable bonds is 3. The first kappa shape index (κ1) is 11.3. The first-order valence-electron chi connectivity index (χ1n) is 4.84. The van der Waals surface area contributed by atoms with Crippen molar-refractivity contribution in [3.05, 3.63) is 34.9 Å². The van der Waals surface area contributed by atoms with Gasteiger partial charge in [0.1, 0.15) is 0 Å². The molecule has 1 aromatic rings. The Morgan fingerprint density at radius 2 is 2.20 bits per heavy atom. The van der Waals surface area contributed by atoms with Crippen LogP contribution in [0.2, 0.25) is 0 Å². The maximum atomic E-state index is 10.8. The average Bonchev–Trinajstić information content (AvgIpc) is 2.16. The van der Waals surface area contributed by atoms with Crippen LogP contribution in [0.25, 0.3) is 6.08 Å². The summed E-state index contributed by atoms with van der Waals surface area (Å²) in [5.74, 6) is -0.867. The highest BCUT2D eigenvalue weighted by Gasteiger charge is 2.05. The van der Waals surface area contributed by atoms with Crippen LogP contribution in [0.4, 0.5) is 5.69 Å². The molecule has 0 atom stereocenters. The van der Waals surface area contributed by atoms with Gasteiger partial charge in [0.2, 0.25) is 0 Å². The molecule has 80 valence electrons. The van der Waals surface area contributed by atoms with Crippen LogP contribution in [0.3, 0.4) is 0 Å². The molecule has 3 heteroatoms. The highest BCUT2D eigenvalue weighted by Crippen LogP contribution is 2.17. The summed E-state index contributed by atoms with van der Waals surface area (Å²) < 4.78 is 0. The van der Waals surface area contributed by atoms with Crippen molar-refractivity contribution < 1.29 is 9.90 Å². The Hall–Kier alpha value is -1.77. The van der Waals surface area contributed by atoms with Crippen molar-refractivity contribution in [3.8, 4) is 0 Å². The number of hydrogen-bond acceptors (Lipinski definition) is 2. The summed E-state index contributed by atoms with van der Waals surface area (Å²) in [7, 11) is 0. The molecule has 3 N–H and O–H groups in total. The number of aliphatic carboxylic acids is 1. The van der Waals surface area contributed by atoms with E-state index in [2.05, 4.69) is 0 Å². The van der Waals surface area contributed by atoms with Crippen molar-refractivity contribution >= 4 is 17.7 Å². The molecule has 0 heterocycles. The zero-order valence-corrected chi connectivity index (χ0v) is 8.95. The number of aryl methyl sites for hydroxylation is 1. The SMILES string of the molecule is CCC(=Cc1ccc(N)cc1C)C(=O)O. The minimum absolute atomic E-state index is 0.405. The van der Waals surface area contributed by atoms with Gasteiger partial charge in [-0.15, -0.1) is 0 Å². The van der Waals surface area contributed by atoms with Gasteiger partial charge in [0, 0.05) is 11.3 Å². The Balaban J connectivity index is 3.12. The van der Waals surface area contributed by atoms with E-state index in [1.165, 1.54) is 0 Å². The van der Waals surface area contributed by atoms with Gasteiger partial charge >= 0.3 is 5.97 Å². The topological polar surface area (TPSA) is 63.3 Å². The minimum Gasteiger partial charge on any atom is -0.478 e. The van der Waals surface area contributed by atoms with Crippen molar-refractivity contribution in [1.29, 1.82) is 0 Å². The first-order valence-corrected chi connectivity index (χ1v) is 4.84. The quantitative estimate of drug-likeness (QED) is 0.588. The summed E-state index contributed by atoms with van der Waals surface area (Å²) in [5.41, 5.74) is 8.61. The second-order valence-electron chi connectivity index (χ2n) is 3.44. The second-order valence-corrected chi connectivity index (χ2v) is 3.44. The fourth-order valence-corrected chi connectivity index (χ4v) is 1.36. The number of hydrogen-bond donors (Lipinski definition) is 2. The lowest BCUT2D eigenvalue weighted by atomic mass is 10.0. The van der Waals surface area contributed by atoms with Crippen LogP contribution in [-0.2, 0) is 4.79 Å². The van der Waals surface area contributed by atoms with E-state index in [0.29, 0.717) is 17.7 Å². The van der Waals surface area contributed by atoms with Crippen LogP contribution in [0, 0.1) is 6.92 Å². The molecular formula is C12H15NO2. The molecule has 1 aromatic carbocycles. The standard InChI is InChI=1S/C12H15NO2/c1-3-9(12(14)15)7-10-4-5-11(13)6-8(10)2/h4-7H,3,13H2,1-2H3,(H,14,15). The summed E-state index contributed by atoms with van der Waals surface area (Å²) in [5, 5.41) is 8.89. The molecule has 0 saturated heterocycles. The van der Waals surface area contributed by atoms with Crippen LogP contribution in [0.15, 0.2) is 23.8 Å². The molecule has 0 unspecified atom stereocenters. The summed E-state index contributed by atoms with van der Waals surface area (Å²) in [6.07, 6.45) is 2.20. The Labute approximate surface area is 89.2 Å². The summed E-state index contributed by atoms with van der Waals surface area (Å²) in [6, 6.07) is 5.44. The van der Waals surface area contributed by atoms with E-state index in [4.69, 9.17) is 10.8 Å². The molecule has 0 bridgehead atoms. The molecule has 0 saturated carbocycles. The van der Waals surface area contributed by atoms with E-state index >= 15 is 0 Å². The van der Waals surface area contributed by atoms with Crippen molar-refractivity contribution in [2.24, 2.45) is 0 Å². The molecule has 0 aliphatic carbocycles. The van der Waals surface area contributed by atoms with E-state index in [9.17, 15) is 4.79 Å². The average molecular weight is 205 g/mol. The highest BCUT2D eigenvalue weighted by atomic mass is 16.4. The largest absolute Gasteiger partial charge is 0.478 e. The third-order valence-electron chi connectivity index (χ3n) is 2.28. The number of anilines is 1.